The second kappa shape index (κ2) is 4.08. The Morgan fingerprint density at radius 3 is 2.88 bits per heavy atom. The first kappa shape index (κ1) is 11.4. The van der Waals surface area contributed by atoms with Crippen LogP contribution in [0.2, 0.25) is 0 Å². The Kier molecular flexibility index (Phi) is 2.75. The van der Waals surface area contributed by atoms with E-state index in [9.17, 15) is 14.7 Å². The molecule has 0 aromatic heterocycles. The lowest BCUT2D eigenvalue weighted by atomic mass is 9.87. The Balaban J connectivity index is 2.38. The number of aliphatic hydroxyl groups excluding tert-OH is 1. The van der Waals surface area contributed by atoms with E-state index in [0.29, 0.717) is 0 Å². The minimum atomic E-state index is -0.763. The summed E-state index contributed by atoms with van der Waals surface area (Å²) in [7, 11) is 0. The van der Waals surface area contributed by atoms with Crippen molar-refractivity contribution in [3.8, 4) is 0 Å². The van der Waals surface area contributed by atoms with Crippen LogP contribution in [0, 0.1) is 5.92 Å². The zero-order valence-electron chi connectivity index (χ0n) is 9.47. The van der Waals surface area contributed by atoms with Gasteiger partial charge in [0.25, 0.3) is 0 Å². The van der Waals surface area contributed by atoms with Crippen molar-refractivity contribution < 1.29 is 24.2 Å². The lowest BCUT2D eigenvalue weighted by molar-refractivity contribution is -0.151. The number of hydrogen-bond acceptors (Lipinski definition) is 5. The van der Waals surface area contributed by atoms with Crippen molar-refractivity contribution in [1.82, 2.24) is 0 Å². The van der Waals surface area contributed by atoms with E-state index in [-0.39, 0.29) is 17.4 Å². The third kappa shape index (κ3) is 2.08. The van der Waals surface area contributed by atoms with Gasteiger partial charge in [0.1, 0.15) is 0 Å². The second-order valence-electron chi connectivity index (χ2n) is 3.97. The van der Waals surface area contributed by atoms with E-state index in [0.717, 1.165) is 5.57 Å². The molecular formula is C12H12O5. The van der Waals surface area contributed by atoms with Crippen LogP contribution in [0.3, 0.4) is 0 Å². The number of rotatable bonds is 1. The van der Waals surface area contributed by atoms with Crippen molar-refractivity contribution in [1.29, 1.82) is 0 Å². The van der Waals surface area contributed by atoms with E-state index < -0.39 is 18.0 Å². The molecule has 5 nitrogen and oxygen atoms in total. The van der Waals surface area contributed by atoms with Gasteiger partial charge in [-0.1, -0.05) is 11.6 Å². The summed E-state index contributed by atoms with van der Waals surface area (Å²) < 4.78 is 9.99. The largest absolute Gasteiger partial charge is 0.504 e. The smallest absolute Gasteiger partial charge is 0.331 e. The van der Waals surface area contributed by atoms with Gasteiger partial charge in [0, 0.05) is 18.9 Å². The van der Waals surface area contributed by atoms with Crippen LogP contribution < -0.4 is 0 Å². The number of allylic oxidation sites excluding steroid dienone is 1. The molecule has 0 aromatic carbocycles. The minimum absolute atomic E-state index is 0.00852. The molecule has 2 rings (SSSR count). The molecule has 0 bridgehead atoms. The molecule has 90 valence electrons. The number of ether oxygens (including phenoxy) is 2. The lowest BCUT2D eigenvalue weighted by Gasteiger charge is -2.32. The molecule has 2 aliphatic rings. The van der Waals surface area contributed by atoms with Gasteiger partial charge in [-0.3, -0.25) is 4.79 Å². The summed E-state index contributed by atoms with van der Waals surface area (Å²) >= 11 is 0. The fraction of sp³-hybridized carbons (Fsp3) is 0.333. The molecule has 0 unspecified atom stereocenters. The van der Waals surface area contributed by atoms with E-state index in [4.69, 9.17) is 9.47 Å². The van der Waals surface area contributed by atoms with Gasteiger partial charge >= 0.3 is 11.9 Å². The van der Waals surface area contributed by atoms with Crippen molar-refractivity contribution in [2.45, 2.75) is 20.0 Å². The topological polar surface area (TPSA) is 72.8 Å². The zero-order valence-corrected chi connectivity index (χ0v) is 9.47. The van der Waals surface area contributed by atoms with Crippen LogP contribution in [0.1, 0.15) is 13.8 Å². The average Bonchev–Trinajstić information content (AvgIpc) is 2.21. The number of aliphatic hydroxyl groups is 1. The summed E-state index contributed by atoms with van der Waals surface area (Å²) in [6, 6.07) is 0. The fourth-order valence-electron chi connectivity index (χ4n) is 1.91. The Labute approximate surface area is 98.0 Å². The molecule has 2 atom stereocenters. The molecule has 17 heavy (non-hydrogen) atoms. The zero-order chi connectivity index (χ0) is 12.6. The summed E-state index contributed by atoms with van der Waals surface area (Å²) in [5, 5.41) is 9.63. The van der Waals surface area contributed by atoms with E-state index in [1.54, 1.807) is 13.0 Å². The Bertz CT molecular complexity index is 469. The van der Waals surface area contributed by atoms with Crippen molar-refractivity contribution >= 4 is 11.9 Å². The highest BCUT2D eigenvalue weighted by Gasteiger charge is 2.38. The predicted octanol–water partition coefficient (Wildman–Crippen LogP) is 1.38. The molecule has 0 radical (unpaired) electrons. The van der Waals surface area contributed by atoms with Gasteiger partial charge in [0.05, 0.1) is 0 Å². The van der Waals surface area contributed by atoms with E-state index in [1.807, 2.05) is 0 Å². The molecule has 1 aliphatic carbocycles. The first-order valence-corrected chi connectivity index (χ1v) is 5.17. The molecule has 0 aromatic rings. The summed E-state index contributed by atoms with van der Waals surface area (Å²) in [6.45, 7) is 3.01. The lowest BCUT2D eigenvalue weighted by Crippen LogP contribution is -2.36. The molecule has 1 heterocycles. The number of carbonyl (C=O) groups excluding carboxylic acids is 2. The van der Waals surface area contributed by atoms with Crippen molar-refractivity contribution in [2.75, 3.05) is 0 Å². The fourth-order valence-corrected chi connectivity index (χ4v) is 1.91. The van der Waals surface area contributed by atoms with Crippen LogP contribution in [-0.2, 0) is 19.1 Å². The van der Waals surface area contributed by atoms with E-state index >= 15 is 0 Å². The minimum Gasteiger partial charge on any atom is -0.504 e. The number of fused-ring (bicyclic) bond motifs is 1. The molecule has 0 fully saturated rings. The highest BCUT2D eigenvalue weighted by molar-refractivity contribution is 5.84. The van der Waals surface area contributed by atoms with Crippen molar-refractivity contribution in [2.24, 2.45) is 5.92 Å². The van der Waals surface area contributed by atoms with Crippen LogP contribution >= 0.6 is 0 Å². The molecule has 1 N–H and O–H groups in total. The first-order valence-electron chi connectivity index (χ1n) is 5.17. The SMILES string of the molecule is CC(=O)OC1=C(O)C=C[C@@H]2C(C)=CC(=O)O[C@@H]12. The summed E-state index contributed by atoms with van der Waals surface area (Å²) in [5.41, 5.74) is 0.805. The van der Waals surface area contributed by atoms with Crippen molar-refractivity contribution in [3.05, 3.63) is 35.3 Å². The number of hydrogen-bond donors (Lipinski definition) is 1. The molecule has 0 saturated carbocycles. The standard InChI is InChI=1S/C12H12O5/c1-6-5-10(15)17-11-8(6)3-4-9(14)12(11)16-7(2)13/h3-5,8,11,14H,1-2H3/t8-,11-/m1/s1. The van der Waals surface area contributed by atoms with Gasteiger partial charge in [-0.15, -0.1) is 0 Å². The first-order chi connectivity index (χ1) is 7.99. The number of esters is 2. The van der Waals surface area contributed by atoms with Crippen molar-refractivity contribution in [3.63, 3.8) is 0 Å². The van der Waals surface area contributed by atoms with E-state index in [2.05, 4.69) is 0 Å². The maximum absolute atomic E-state index is 11.3. The third-order valence-electron chi connectivity index (χ3n) is 2.67. The van der Waals surface area contributed by atoms with Gasteiger partial charge in [0.2, 0.25) is 0 Å². The molecule has 1 aliphatic heterocycles. The van der Waals surface area contributed by atoms with Crippen LogP contribution in [0.5, 0.6) is 0 Å². The summed E-state index contributed by atoms with van der Waals surface area (Å²) in [4.78, 5) is 22.2. The van der Waals surface area contributed by atoms with Gasteiger partial charge in [0.15, 0.2) is 17.6 Å². The highest BCUT2D eigenvalue weighted by Crippen LogP contribution is 2.34. The van der Waals surface area contributed by atoms with Crippen LogP contribution in [0.15, 0.2) is 35.3 Å². The van der Waals surface area contributed by atoms with Gasteiger partial charge < -0.3 is 14.6 Å². The highest BCUT2D eigenvalue weighted by atomic mass is 16.6. The molecule has 0 spiro atoms. The van der Waals surface area contributed by atoms with Gasteiger partial charge in [-0.05, 0) is 13.0 Å². The Hall–Kier alpha value is -2.04. The monoisotopic (exact) mass is 236 g/mol. The third-order valence-corrected chi connectivity index (χ3v) is 2.67. The Morgan fingerprint density at radius 1 is 1.53 bits per heavy atom. The summed E-state index contributed by atoms with van der Waals surface area (Å²) in [6.07, 6.45) is 3.78. The van der Waals surface area contributed by atoms with Crippen LogP contribution in [0.4, 0.5) is 0 Å². The van der Waals surface area contributed by atoms with Gasteiger partial charge in [-0.25, -0.2) is 4.79 Å². The molecule has 5 heteroatoms. The molecule has 0 saturated heterocycles. The maximum Gasteiger partial charge on any atom is 0.331 e. The van der Waals surface area contributed by atoms with Crippen LogP contribution in [-0.4, -0.2) is 23.1 Å². The van der Waals surface area contributed by atoms with Crippen LogP contribution in [0.25, 0.3) is 0 Å². The average molecular weight is 236 g/mol. The van der Waals surface area contributed by atoms with E-state index in [1.165, 1.54) is 19.1 Å². The maximum atomic E-state index is 11.3. The predicted molar refractivity (Wildman–Crippen MR) is 57.7 cm³/mol. The second-order valence-corrected chi connectivity index (χ2v) is 3.97. The summed E-state index contributed by atoms with van der Waals surface area (Å²) in [5.74, 6) is -1.46. The Morgan fingerprint density at radius 2 is 2.24 bits per heavy atom. The molecule has 0 amide bonds. The molecular weight excluding hydrogens is 224 g/mol. The quantitative estimate of drug-likeness (QED) is 0.696. The number of carbonyl (C=O) groups is 2. The van der Waals surface area contributed by atoms with Gasteiger partial charge in [-0.2, -0.15) is 0 Å². The normalized spacial score (nSPS) is 27.2.